The summed E-state index contributed by atoms with van der Waals surface area (Å²) in [6, 6.07) is 17.1. The average molecular weight is 464 g/mol. The second-order valence-corrected chi connectivity index (χ2v) is 7.95. The Kier molecular flexibility index (Phi) is 5.42. The normalized spacial score (nSPS) is 10.9. The molecule has 0 aliphatic carbocycles. The average Bonchev–Trinajstić information content (AvgIpc) is 3.25. The summed E-state index contributed by atoms with van der Waals surface area (Å²) in [7, 11) is 0. The Morgan fingerprint density at radius 1 is 0.943 bits per heavy atom. The van der Waals surface area contributed by atoms with Gasteiger partial charge in [0, 0.05) is 35.3 Å². The van der Waals surface area contributed by atoms with Gasteiger partial charge in [0.2, 0.25) is 0 Å². The summed E-state index contributed by atoms with van der Waals surface area (Å²) in [5.41, 5.74) is 10.3. The first-order chi connectivity index (χ1) is 16.9. The number of aryl methyl sites for hydroxylation is 1. The molecule has 172 valence electrons. The molecule has 0 aliphatic heterocycles. The number of carbonyl (C=O) groups excluding carboxylic acids is 1. The van der Waals surface area contributed by atoms with Gasteiger partial charge in [-0.2, -0.15) is 0 Å². The summed E-state index contributed by atoms with van der Waals surface area (Å²) in [5, 5.41) is 12.2. The van der Waals surface area contributed by atoms with Gasteiger partial charge in [-0.3, -0.25) is 9.20 Å². The third kappa shape index (κ3) is 4.18. The Labute approximate surface area is 199 Å². The first kappa shape index (κ1) is 21.8. The van der Waals surface area contributed by atoms with Gasteiger partial charge in [0.15, 0.2) is 0 Å². The molecule has 9 nitrogen and oxygen atoms in total. The van der Waals surface area contributed by atoms with Crippen LogP contribution in [0.1, 0.15) is 26.3 Å². The first-order valence-corrected chi connectivity index (χ1v) is 10.7. The summed E-state index contributed by atoms with van der Waals surface area (Å²) in [6.07, 6.45) is 4.92. The minimum absolute atomic E-state index is 0.154. The fourth-order valence-electron chi connectivity index (χ4n) is 3.83. The number of benzene rings is 2. The van der Waals surface area contributed by atoms with Crippen molar-refractivity contribution < 1.29 is 14.7 Å². The van der Waals surface area contributed by atoms with Gasteiger partial charge in [0.1, 0.15) is 28.7 Å². The van der Waals surface area contributed by atoms with E-state index in [1.54, 1.807) is 71.5 Å². The zero-order chi connectivity index (χ0) is 24.5. The minimum Gasteiger partial charge on any atom is -0.478 e. The predicted octanol–water partition coefficient (Wildman–Crippen LogP) is 4.30. The van der Waals surface area contributed by atoms with Crippen LogP contribution < -0.4 is 11.1 Å². The van der Waals surface area contributed by atoms with Gasteiger partial charge in [0.05, 0.1) is 5.56 Å². The second-order valence-electron chi connectivity index (χ2n) is 7.95. The highest BCUT2D eigenvalue weighted by Gasteiger charge is 2.18. The molecule has 0 aliphatic rings. The zero-order valence-electron chi connectivity index (χ0n) is 18.6. The summed E-state index contributed by atoms with van der Waals surface area (Å²) >= 11 is 0. The lowest BCUT2D eigenvalue weighted by molar-refractivity contribution is 0.0696. The first-order valence-electron chi connectivity index (χ1n) is 10.7. The maximum Gasteiger partial charge on any atom is 0.335 e. The van der Waals surface area contributed by atoms with E-state index in [1.807, 2.05) is 13.0 Å². The van der Waals surface area contributed by atoms with Crippen LogP contribution in [0.4, 0.5) is 11.6 Å². The van der Waals surface area contributed by atoms with E-state index >= 15 is 0 Å². The van der Waals surface area contributed by atoms with Crippen molar-refractivity contribution in [1.29, 1.82) is 0 Å². The van der Waals surface area contributed by atoms with Gasteiger partial charge in [-0.05, 0) is 48.9 Å². The van der Waals surface area contributed by atoms with Crippen LogP contribution in [0.2, 0.25) is 0 Å². The van der Waals surface area contributed by atoms with Crippen molar-refractivity contribution in [2.75, 3.05) is 11.1 Å². The van der Waals surface area contributed by atoms with Gasteiger partial charge in [-0.15, -0.1) is 0 Å². The number of anilines is 2. The van der Waals surface area contributed by atoms with Crippen molar-refractivity contribution in [2.24, 2.45) is 0 Å². The number of rotatable bonds is 5. The number of aromatic carboxylic acids is 1. The molecule has 3 aromatic heterocycles. The molecule has 35 heavy (non-hydrogen) atoms. The number of carboxylic acid groups (broad SMARTS) is 1. The standard InChI is InChI=1S/C26H20N6O3/c1-15-9-10-28-20(13-15)30-25(33)17-7-5-16(6-8-17)21-22-23(27)29-11-12-32(22)24(31-21)18-3-2-4-19(14-18)26(34)35/h2-14H,1H3,(H2,27,29)(H,34,35)(H,28,30,33). The largest absolute Gasteiger partial charge is 0.478 e. The number of nitrogens with one attached hydrogen (secondary N) is 1. The predicted molar refractivity (Wildman–Crippen MR) is 132 cm³/mol. The number of amides is 1. The van der Waals surface area contributed by atoms with Crippen LogP contribution in [0.3, 0.4) is 0 Å². The molecule has 0 atom stereocenters. The summed E-state index contributed by atoms with van der Waals surface area (Å²) in [5.74, 6) is -0.0191. The molecule has 9 heteroatoms. The SMILES string of the molecule is Cc1ccnc(NC(=O)c2ccc(-c3nc(-c4cccc(C(=O)O)c4)n4ccnc(N)c34)cc2)c1. The molecule has 5 aromatic rings. The smallest absolute Gasteiger partial charge is 0.335 e. The number of carboxylic acids is 1. The second kappa shape index (κ2) is 8.71. The number of nitrogen functional groups attached to an aromatic ring is 1. The molecule has 5 rings (SSSR count). The van der Waals surface area contributed by atoms with E-state index in [9.17, 15) is 14.7 Å². The van der Waals surface area contributed by atoms with Crippen molar-refractivity contribution in [3.8, 4) is 22.6 Å². The van der Waals surface area contributed by atoms with Gasteiger partial charge in [0.25, 0.3) is 5.91 Å². The quantitative estimate of drug-likeness (QED) is 0.353. The van der Waals surface area contributed by atoms with E-state index in [2.05, 4.69) is 15.3 Å². The molecule has 0 fully saturated rings. The molecule has 3 heterocycles. The Morgan fingerprint density at radius 3 is 2.49 bits per heavy atom. The molecular weight excluding hydrogens is 444 g/mol. The van der Waals surface area contributed by atoms with Gasteiger partial charge in [-0.1, -0.05) is 24.3 Å². The molecule has 0 bridgehead atoms. The summed E-state index contributed by atoms with van der Waals surface area (Å²) in [6.45, 7) is 1.92. The van der Waals surface area contributed by atoms with Crippen molar-refractivity contribution in [1.82, 2.24) is 19.4 Å². The highest BCUT2D eigenvalue weighted by atomic mass is 16.4. The van der Waals surface area contributed by atoms with E-state index in [0.29, 0.717) is 34.0 Å². The van der Waals surface area contributed by atoms with Crippen LogP contribution in [0.15, 0.2) is 79.3 Å². The number of carbonyl (C=O) groups is 2. The minimum atomic E-state index is -1.02. The van der Waals surface area contributed by atoms with E-state index in [0.717, 1.165) is 11.1 Å². The van der Waals surface area contributed by atoms with Crippen molar-refractivity contribution in [3.05, 3.63) is 95.9 Å². The van der Waals surface area contributed by atoms with E-state index in [4.69, 9.17) is 10.7 Å². The van der Waals surface area contributed by atoms with Crippen molar-refractivity contribution >= 4 is 29.0 Å². The van der Waals surface area contributed by atoms with Crippen LogP contribution in [0.25, 0.3) is 28.2 Å². The Morgan fingerprint density at radius 2 is 1.74 bits per heavy atom. The zero-order valence-corrected chi connectivity index (χ0v) is 18.6. The third-order valence-corrected chi connectivity index (χ3v) is 5.53. The van der Waals surface area contributed by atoms with Gasteiger partial charge >= 0.3 is 5.97 Å². The van der Waals surface area contributed by atoms with Gasteiger partial charge in [-0.25, -0.2) is 19.7 Å². The summed E-state index contributed by atoms with van der Waals surface area (Å²) < 4.78 is 1.78. The van der Waals surface area contributed by atoms with Crippen molar-refractivity contribution in [3.63, 3.8) is 0 Å². The van der Waals surface area contributed by atoms with E-state index in [1.165, 1.54) is 6.07 Å². The molecule has 0 saturated heterocycles. The molecule has 0 radical (unpaired) electrons. The molecule has 0 unspecified atom stereocenters. The summed E-state index contributed by atoms with van der Waals surface area (Å²) in [4.78, 5) is 37.3. The van der Waals surface area contributed by atoms with Crippen LogP contribution in [0.5, 0.6) is 0 Å². The Bertz CT molecular complexity index is 1590. The Balaban J connectivity index is 1.53. The topological polar surface area (TPSA) is 136 Å². The number of aromatic nitrogens is 4. The lowest BCUT2D eigenvalue weighted by Crippen LogP contribution is -2.12. The van der Waals surface area contributed by atoms with Crippen LogP contribution in [0, 0.1) is 6.92 Å². The van der Waals surface area contributed by atoms with Crippen LogP contribution >= 0.6 is 0 Å². The molecule has 2 aromatic carbocycles. The van der Waals surface area contributed by atoms with Crippen molar-refractivity contribution in [2.45, 2.75) is 6.92 Å². The highest BCUT2D eigenvalue weighted by Crippen LogP contribution is 2.32. The van der Waals surface area contributed by atoms with Crippen LogP contribution in [-0.2, 0) is 0 Å². The van der Waals surface area contributed by atoms with Gasteiger partial charge < -0.3 is 16.2 Å². The van der Waals surface area contributed by atoms with Crippen LogP contribution in [-0.4, -0.2) is 36.3 Å². The number of imidazole rings is 1. The lowest BCUT2D eigenvalue weighted by Gasteiger charge is -2.06. The molecule has 0 saturated carbocycles. The van der Waals surface area contributed by atoms with E-state index in [-0.39, 0.29) is 17.3 Å². The fourth-order valence-corrected chi connectivity index (χ4v) is 3.83. The Hall–Kier alpha value is -5.05. The van der Waals surface area contributed by atoms with E-state index < -0.39 is 5.97 Å². The molecular formula is C26H20N6O3. The molecule has 0 spiro atoms. The third-order valence-electron chi connectivity index (χ3n) is 5.53. The lowest BCUT2D eigenvalue weighted by atomic mass is 10.1. The maximum atomic E-state index is 12.7. The number of nitrogens with zero attached hydrogens (tertiary/aromatic N) is 4. The molecule has 1 amide bonds. The molecule has 4 N–H and O–H groups in total. The maximum absolute atomic E-state index is 12.7. The number of hydrogen-bond donors (Lipinski definition) is 3. The number of fused-ring (bicyclic) bond motifs is 1. The highest BCUT2D eigenvalue weighted by molar-refractivity contribution is 6.04. The number of pyridine rings is 1. The number of nitrogens with two attached hydrogens (primary N) is 1. The monoisotopic (exact) mass is 464 g/mol. The number of hydrogen-bond acceptors (Lipinski definition) is 6. The fraction of sp³-hybridized carbons (Fsp3) is 0.0385.